The molecule has 0 spiro atoms. The maximum absolute atomic E-state index is 12.4. The van der Waals surface area contributed by atoms with Crippen LogP contribution in [0.25, 0.3) is 0 Å². The lowest BCUT2D eigenvalue weighted by atomic mass is 10.2. The Bertz CT molecular complexity index is 885. The molecule has 1 heterocycles. The van der Waals surface area contributed by atoms with Crippen LogP contribution in [0.5, 0.6) is 0 Å². The molecule has 6 heteroatoms. The Kier molecular flexibility index (Phi) is 5.53. The largest absolute Gasteiger partial charge is 0.366 e. The van der Waals surface area contributed by atoms with E-state index in [0.29, 0.717) is 33.7 Å². The summed E-state index contributed by atoms with van der Waals surface area (Å²) in [6.45, 7) is 0.627. The SMILES string of the molecule is O=C(Nc1ccc(Cl)cc1Cl)c1ccnc(NCc2ccccc2)c1. The molecule has 3 rings (SSSR count). The Morgan fingerprint density at radius 1 is 1.00 bits per heavy atom. The van der Waals surface area contributed by atoms with Crippen molar-refractivity contribution >= 4 is 40.6 Å². The second kappa shape index (κ2) is 8.01. The zero-order valence-electron chi connectivity index (χ0n) is 13.2. The predicted octanol–water partition coefficient (Wildman–Crippen LogP) is 5.25. The minimum Gasteiger partial charge on any atom is -0.366 e. The van der Waals surface area contributed by atoms with Gasteiger partial charge in [-0.2, -0.15) is 0 Å². The molecule has 1 amide bonds. The number of anilines is 2. The van der Waals surface area contributed by atoms with Crippen molar-refractivity contribution in [2.75, 3.05) is 10.6 Å². The Hall–Kier alpha value is -2.56. The highest BCUT2D eigenvalue weighted by atomic mass is 35.5. The highest BCUT2D eigenvalue weighted by Gasteiger charge is 2.10. The van der Waals surface area contributed by atoms with Crippen molar-refractivity contribution < 1.29 is 4.79 Å². The van der Waals surface area contributed by atoms with Crippen LogP contribution in [-0.2, 0) is 6.54 Å². The first-order valence-corrected chi connectivity index (χ1v) is 8.38. The summed E-state index contributed by atoms with van der Waals surface area (Å²) in [6, 6.07) is 18.2. The van der Waals surface area contributed by atoms with Crippen LogP contribution in [0.2, 0.25) is 10.0 Å². The molecule has 4 nitrogen and oxygen atoms in total. The molecule has 126 valence electrons. The standard InChI is InChI=1S/C19H15Cl2N3O/c20-15-6-7-17(16(21)11-15)24-19(25)14-8-9-22-18(10-14)23-12-13-4-2-1-3-5-13/h1-11H,12H2,(H,22,23)(H,24,25). The monoisotopic (exact) mass is 371 g/mol. The summed E-state index contributed by atoms with van der Waals surface area (Å²) in [5.41, 5.74) is 2.12. The number of nitrogens with zero attached hydrogens (tertiary/aromatic N) is 1. The van der Waals surface area contributed by atoms with Crippen molar-refractivity contribution in [1.29, 1.82) is 0 Å². The van der Waals surface area contributed by atoms with Crippen molar-refractivity contribution in [3.8, 4) is 0 Å². The Morgan fingerprint density at radius 2 is 1.80 bits per heavy atom. The van der Waals surface area contributed by atoms with Crippen molar-refractivity contribution in [1.82, 2.24) is 4.98 Å². The number of hydrogen-bond acceptors (Lipinski definition) is 3. The summed E-state index contributed by atoms with van der Waals surface area (Å²) in [5.74, 6) is 0.355. The molecular formula is C19H15Cl2N3O. The molecular weight excluding hydrogens is 357 g/mol. The smallest absolute Gasteiger partial charge is 0.255 e. The van der Waals surface area contributed by atoms with E-state index in [2.05, 4.69) is 15.6 Å². The number of aromatic nitrogens is 1. The molecule has 0 aliphatic rings. The zero-order chi connectivity index (χ0) is 17.6. The van der Waals surface area contributed by atoms with Gasteiger partial charge in [-0.05, 0) is 35.9 Å². The van der Waals surface area contributed by atoms with E-state index in [0.717, 1.165) is 5.56 Å². The van der Waals surface area contributed by atoms with Gasteiger partial charge in [-0.15, -0.1) is 0 Å². The maximum Gasteiger partial charge on any atom is 0.255 e. The molecule has 3 aromatic rings. The van der Waals surface area contributed by atoms with Gasteiger partial charge in [-0.25, -0.2) is 4.98 Å². The van der Waals surface area contributed by atoms with E-state index >= 15 is 0 Å². The zero-order valence-corrected chi connectivity index (χ0v) is 14.7. The van der Waals surface area contributed by atoms with Crippen LogP contribution in [-0.4, -0.2) is 10.9 Å². The minimum atomic E-state index is -0.269. The third-order valence-electron chi connectivity index (χ3n) is 3.52. The molecule has 1 aromatic heterocycles. The van der Waals surface area contributed by atoms with Gasteiger partial charge in [0.2, 0.25) is 0 Å². The fraction of sp³-hybridized carbons (Fsp3) is 0.0526. The Morgan fingerprint density at radius 3 is 2.56 bits per heavy atom. The quantitative estimate of drug-likeness (QED) is 0.643. The molecule has 2 N–H and O–H groups in total. The fourth-order valence-corrected chi connectivity index (χ4v) is 2.70. The first kappa shape index (κ1) is 17.3. The van der Waals surface area contributed by atoms with E-state index in [9.17, 15) is 4.79 Å². The van der Waals surface area contributed by atoms with Gasteiger partial charge in [0.25, 0.3) is 5.91 Å². The summed E-state index contributed by atoms with van der Waals surface area (Å²) in [6.07, 6.45) is 1.59. The summed E-state index contributed by atoms with van der Waals surface area (Å²) in [5, 5.41) is 6.87. The van der Waals surface area contributed by atoms with E-state index in [1.807, 2.05) is 30.3 Å². The highest BCUT2D eigenvalue weighted by molar-refractivity contribution is 6.36. The lowest BCUT2D eigenvalue weighted by molar-refractivity contribution is 0.102. The van der Waals surface area contributed by atoms with Crippen molar-refractivity contribution in [2.24, 2.45) is 0 Å². The van der Waals surface area contributed by atoms with Gasteiger partial charge in [0.1, 0.15) is 5.82 Å². The summed E-state index contributed by atoms with van der Waals surface area (Å²) < 4.78 is 0. The van der Waals surface area contributed by atoms with Gasteiger partial charge in [-0.1, -0.05) is 53.5 Å². The molecule has 0 bridgehead atoms. The van der Waals surface area contributed by atoms with Crippen LogP contribution in [0.4, 0.5) is 11.5 Å². The van der Waals surface area contributed by atoms with Crippen LogP contribution in [0.3, 0.4) is 0 Å². The number of rotatable bonds is 5. The van der Waals surface area contributed by atoms with Gasteiger partial charge in [0, 0.05) is 23.3 Å². The lowest BCUT2D eigenvalue weighted by Crippen LogP contribution is -2.13. The number of halogens is 2. The van der Waals surface area contributed by atoms with Crippen molar-refractivity contribution in [3.63, 3.8) is 0 Å². The minimum absolute atomic E-state index is 0.269. The fourth-order valence-electron chi connectivity index (χ4n) is 2.24. The molecule has 0 saturated carbocycles. The third kappa shape index (κ3) is 4.72. The highest BCUT2D eigenvalue weighted by Crippen LogP contribution is 2.26. The van der Waals surface area contributed by atoms with Crippen molar-refractivity contribution in [3.05, 3.63) is 88.0 Å². The second-order valence-electron chi connectivity index (χ2n) is 5.35. The summed E-state index contributed by atoms with van der Waals surface area (Å²) in [4.78, 5) is 16.7. The van der Waals surface area contributed by atoms with E-state index in [1.165, 1.54) is 0 Å². The maximum atomic E-state index is 12.4. The molecule has 0 unspecified atom stereocenters. The van der Waals surface area contributed by atoms with Crippen molar-refractivity contribution in [2.45, 2.75) is 6.54 Å². The molecule has 0 aliphatic carbocycles. The van der Waals surface area contributed by atoms with Gasteiger partial charge in [0.15, 0.2) is 0 Å². The van der Waals surface area contributed by atoms with Gasteiger partial charge in [0.05, 0.1) is 10.7 Å². The number of carbonyl (C=O) groups excluding carboxylic acids is 1. The molecule has 0 fully saturated rings. The molecule has 0 aliphatic heterocycles. The number of hydrogen-bond donors (Lipinski definition) is 2. The number of pyridine rings is 1. The third-order valence-corrected chi connectivity index (χ3v) is 4.07. The van der Waals surface area contributed by atoms with Gasteiger partial charge in [-0.3, -0.25) is 4.79 Å². The normalized spacial score (nSPS) is 10.3. The lowest BCUT2D eigenvalue weighted by Gasteiger charge is -2.09. The van der Waals surface area contributed by atoms with E-state index in [1.54, 1.807) is 36.5 Å². The first-order chi connectivity index (χ1) is 12.1. The van der Waals surface area contributed by atoms with E-state index in [4.69, 9.17) is 23.2 Å². The van der Waals surface area contributed by atoms with Gasteiger partial charge >= 0.3 is 0 Å². The molecule has 0 radical (unpaired) electrons. The average molecular weight is 372 g/mol. The summed E-state index contributed by atoms with van der Waals surface area (Å²) in [7, 11) is 0. The van der Waals surface area contributed by atoms with Crippen LogP contribution >= 0.6 is 23.2 Å². The molecule has 0 saturated heterocycles. The molecule has 0 atom stereocenters. The number of amides is 1. The van der Waals surface area contributed by atoms with Gasteiger partial charge < -0.3 is 10.6 Å². The number of carbonyl (C=O) groups is 1. The van der Waals surface area contributed by atoms with E-state index in [-0.39, 0.29) is 5.91 Å². The topological polar surface area (TPSA) is 54.0 Å². The molecule has 2 aromatic carbocycles. The van der Waals surface area contributed by atoms with E-state index < -0.39 is 0 Å². The predicted molar refractivity (Wildman–Crippen MR) is 102 cm³/mol. The van der Waals surface area contributed by atoms with Crippen LogP contribution in [0.15, 0.2) is 66.9 Å². The first-order valence-electron chi connectivity index (χ1n) is 7.62. The molecule has 25 heavy (non-hydrogen) atoms. The number of benzene rings is 2. The Balaban J connectivity index is 1.69. The number of nitrogens with one attached hydrogen (secondary N) is 2. The van der Waals surface area contributed by atoms with Crippen LogP contribution < -0.4 is 10.6 Å². The Labute approximate surface area is 155 Å². The average Bonchev–Trinajstić information content (AvgIpc) is 2.63. The van der Waals surface area contributed by atoms with Crippen LogP contribution in [0.1, 0.15) is 15.9 Å². The second-order valence-corrected chi connectivity index (χ2v) is 6.19. The van der Waals surface area contributed by atoms with Crippen LogP contribution in [0, 0.1) is 0 Å². The summed E-state index contributed by atoms with van der Waals surface area (Å²) >= 11 is 11.9.